The Labute approximate surface area is 68.7 Å². The zero-order valence-electron chi connectivity index (χ0n) is 6.15. The van der Waals surface area contributed by atoms with E-state index in [0.717, 1.165) is 0 Å². The molecule has 0 radical (unpaired) electrons. The lowest BCUT2D eigenvalue weighted by Gasteiger charge is -2.02. The molecular weight excluding hydrogens is 162 g/mol. The molecule has 1 N–H and O–H groups in total. The quantitative estimate of drug-likeness (QED) is 0.742. The first kappa shape index (κ1) is 8.36. The van der Waals surface area contributed by atoms with Crippen molar-refractivity contribution < 1.29 is 9.90 Å². The van der Waals surface area contributed by atoms with Crippen molar-refractivity contribution in [2.75, 3.05) is 0 Å². The summed E-state index contributed by atoms with van der Waals surface area (Å²) in [6.07, 6.45) is 0.910. The van der Waals surface area contributed by atoms with Crippen LogP contribution in [0.3, 0.4) is 0 Å². The Bertz CT molecular complexity index is 233. The van der Waals surface area contributed by atoms with Crippen molar-refractivity contribution >= 4 is 17.1 Å². The number of thiazole rings is 1. The molecule has 0 amide bonds. The first-order valence-electron chi connectivity index (χ1n) is 3.36. The third kappa shape index (κ3) is 1.85. The van der Waals surface area contributed by atoms with Crippen LogP contribution in [0.2, 0.25) is 0 Å². The second kappa shape index (κ2) is 3.59. The van der Waals surface area contributed by atoms with Crippen molar-refractivity contribution in [2.45, 2.75) is 19.4 Å². The highest BCUT2D eigenvalue weighted by Crippen LogP contribution is 2.16. The number of nitrogens with zero attached hydrogens (tertiary/aromatic N) is 1. The van der Waals surface area contributed by atoms with E-state index in [0.29, 0.717) is 11.4 Å². The number of carbonyl (C=O) groups excluding carboxylic acids is 1. The highest BCUT2D eigenvalue weighted by Gasteiger charge is 2.16. The van der Waals surface area contributed by atoms with Crippen LogP contribution < -0.4 is 0 Å². The van der Waals surface area contributed by atoms with Crippen LogP contribution in [0.25, 0.3) is 0 Å². The van der Waals surface area contributed by atoms with Crippen molar-refractivity contribution in [3.8, 4) is 0 Å². The van der Waals surface area contributed by atoms with Crippen molar-refractivity contribution in [3.05, 3.63) is 16.6 Å². The Morgan fingerprint density at radius 1 is 1.91 bits per heavy atom. The number of hydrogen-bond donors (Lipinski definition) is 1. The van der Waals surface area contributed by atoms with Crippen LogP contribution in [-0.4, -0.2) is 15.9 Å². The molecule has 0 aromatic carbocycles. The molecule has 0 aliphatic heterocycles. The summed E-state index contributed by atoms with van der Waals surface area (Å²) in [6.45, 7) is 1.72. The lowest BCUT2D eigenvalue weighted by molar-refractivity contribution is -0.127. The Morgan fingerprint density at radius 2 is 2.64 bits per heavy atom. The molecule has 0 aliphatic carbocycles. The predicted octanol–water partition coefficient (Wildman–Crippen LogP) is 1.16. The number of aromatic nitrogens is 1. The Balaban J connectivity index is 2.70. The van der Waals surface area contributed by atoms with Gasteiger partial charge in [0.15, 0.2) is 11.9 Å². The van der Waals surface area contributed by atoms with Crippen LogP contribution in [0.5, 0.6) is 0 Å². The predicted molar refractivity (Wildman–Crippen MR) is 42.4 cm³/mol. The summed E-state index contributed by atoms with van der Waals surface area (Å²) in [7, 11) is 0. The number of aliphatic hydroxyl groups is 1. The van der Waals surface area contributed by atoms with Gasteiger partial charge in [-0.3, -0.25) is 4.79 Å². The molecule has 1 aromatic heterocycles. The molecule has 0 aliphatic rings. The molecule has 0 bridgehead atoms. The summed E-state index contributed by atoms with van der Waals surface area (Å²) in [4.78, 5) is 14.8. The van der Waals surface area contributed by atoms with E-state index in [1.165, 1.54) is 11.3 Å². The molecule has 1 rings (SSSR count). The van der Waals surface area contributed by atoms with E-state index >= 15 is 0 Å². The smallest absolute Gasteiger partial charge is 0.168 e. The van der Waals surface area contributed by atoms with Crippen molar-refractivity contribution in [1.82, 2.24) is 4.98 Å². The molecule has 1 heterocycles. The van der Waals surface area contributed by atoms with Crippen molar-refractivity contribution in [1.29, 1.82) is 0 Å². The van der Waals surface area contributed by atoms with Gasteiger partial charge in [-0.15, -0.1) is 11.3 Å². The third-order valence-electron chi connectivity index (χ3n) is 1.34. The second-order valence-electron chi connectivity index (χ2n) is 2.09. The topological polar surface area (TPSA) is 50.2 Å². The molecule has 0 saturated heterocycles. The molecule has 1 atom stereocenters. The van der Waals surface area contributed by atoms with Crippen molar-refractivity contribution in [3.63, 3.8) is 0 Å². The molecular formula is C7H9NO2S. The van der Waals surface area contributed by atoms with Gasteiger partial charge < -0.3 is 5.11 Å². The molecule has 60 valence electrons. The van der Waals surface area contributed by atoms with Crippen molar-refractivity contribution in [2.24, 2.45) is 0 Å². The fourth-order valence-electron chi connectivity index (χ4n) is 0.701. The number of hydrogen-bond acceptors (Lipinski definition) is 4. The van der Waals surface area contributed by atoms with Gasteiger partial charge in [-0.2, -0.15) is 0 Å². The van der Waals surface area contributed by atoms with Gasteiger partial charge in [-0.05, 0) is 0 Å². The number of carbonyl (C=O) groups is 1. The minimum Gasteiger partial charge on any atom is -0.378 e. The van der Waals surface area contributed by atoms with E-state index in [2.05, 4.69) is 4.98 Å². The fourth-order valence-corrected chi connectivity index (χ4v) is 1.34. The average Bonchev–Trinajstić information content (AvgIpc) is 2.53. The third-order valence-corrected chi connectivity index (χ3v) is 2.17. The first-order chi connectivity index (χ1) is 5.25. The van der Waals surface area contributed by atoms with E-state index in [1.807, 2.05) is 0 Å². The van der Waals surface area contributed by atoms with E-state index in [-0.39, 0.29) is 5.78 Å². The lowest BCUT2D eigenvalue weighted by atomic mass is 10.2. The number of rotatable bonds is 3. The van der Waals surface area contributed by atoms with Gasteiger partial charge in [0.2, 0.25) is 0 Å². The Morgan fingerprint density at radius 3 is 3.09 bits per heavy atom. The summed E-state index contributed by atoms with van der Waals surface area (Å²) in [5.74, 6) is -0.181. The highest BCUT2D eigenvalue weighted by atomic mass is 32.1. The zero-order chi connectivity index (χ0) is 8.27. The minimum atomic E-state index is -1.01. The van der Waals surface area contributed by atoms with Gasteiger partial charge in [-0.1, -0.05) is 6.92 Å². The molecule has 0 fully saturated rings. The van der Waals surface area contributed by atoms with Crippen LogP contribution in [0, 0.1) is 0 Å². The second-order valence-corrected chi connectivity index (χ2v) is 3.02. The molecule has 0 spiro atoms. The fraction of sp³-hybridized carbons (Fsp3) is 0.429. The summed E-state index contributed by atoms with van der Waals surface area (Å²) in [5.41, 5.74) is 0. The van der Waals surface area contributed by atoms with E-state index in [1.54, 1.807) is 18.5 Å². The molecule has 1 unspecified atom stereocenters. The highest BCUT2D eigenvalue weighted by molar-refractivity contribution is 7.09. The normalized spacial score (nSPS) is 12.9. The van der Waals surface area contributed by atoms with Gasteiger partial charge in [-0.25, -0.2) is 4.98 Å². The average molecular weight is 171 g/mol. The summed E-state index contributed by atoms with van der Waals surface area (Å²) in [6, 6.07) is 0. The molecule has 0 saturated carbocycles. The summed E-state index contributed by atoms with van der Waals surface area (Å²) < 4.78 is 0. The molecule has 1 aromatic rings. The number of aliphatic hydroxyl groups excluding tert-OH is 1. The molecule has 11 heavy (non-hydrogen) atoms. The lowest BCUT2D eigenvalue weighted by Crippen LogP contribution is -2.09. The first-order valence-corrected chi connectivity index (χ1v) is 4.23. The van der Waals surface area contributed by atoms with Gasteiger partial charge in [0.25, 0.3) is 0 Å². The largest absolute Gasteiger partial charge is 0.378 e. The van der Waals surface area contributed by atoms with Gasteiger partial charge in [0.05, 0.1) is 0 Å². The molecule has 4 heteroatoms. The maximum absolute atomic E-state index is 10.9. The SMILES string of the molecule is CCC(=O)C(O)c1nccs1. The number of Topliss-reactive ketones (excluding diaryl/α,β-unsaturated/α-hetero) is 1. The maximum Gasteiger partial charge on any atom is 0.168 e. The van der Waals surface area contributed by atoms with Crippen LogP contribution in [-0.2, 0) is 4.79 Å². The van der Waals surface area contributed by atoms with E-state index in [9.17, 15) is 9.90 Å². The maximum atomic E-state index is 10.9. The van der Waals surface area contributed by atoms with E-state index in [4.69, 9.17) is 0 Å². The molecule has 3 nitrogen and oxygen atoms in total. The Hall–Kier alpha value is -0.740. The standard InChI is InChI=1S/C7H9NO2S/c1-2-5(9)6(10)7-8-3-4-11-7/h3-4,6,10H,2H2,1H3. The summed E-state index contributed by atoms with van der Waals surface area (Å²) >= 11 is 1.29. The zero-order valence-corrected chi connectivity index (χ0v) is 6.97. The van der Waals surface area contributed by atoms with Crippen LogP contribution in [0.1, 0.15) is 24.5 Å². The van der Waals surface area contributed by atoms with Crippen LogP contribution in [0.15, 0.2) is 11.6 Å². The van der Waals surface area contributed by atoms with E-state index < -0.39 is 6.10 Å². The van der Waals surface area contributed by atoms with Gasteiger partial charge in [0, 0.05) is 18.0 Å². The van der Waals surface area contributed by atoms with Crippen LogP contribution in [0.4, 0.5) is 0 Å². The van der Waals surface area contributed by atoms with Gasteiger partial charge in [0.1, 0.15) is 5.01 Å². The van der Waals surface area contributed by atoms with Gasteiger partial charge >= 0.3 is 0 Å². The van der Waals surface area contributed by atoms with Crippen LogP contribution >= 0.6 is 11.3 Å². The Kier molecular flexibility index (Phi) is 2.73. The monoisotopic (exact) mass is 171 g/mol. The summed E-state index contributed by atoms with van der Waals surface area (Å²) in [5, 5.41) is 11.5. The minimum absolute atomic E-state index is 0.181. The number of ketones is 1.